The Kier molecular flexibility index (Phi) is 12.1. The highest BCUT2D eigenvalue weighted by Gasteiger charge is 2.42. The molecule has 0 spiro atoms. The Labute approximate surface area is 236 Å². The molecule has 0 saturated carbocycles. The molecule has 38 heavy (non-hydrogen) atoms. The molecule has 3 rings (SSSR count). The van der Waals surface area contributed by atoms with Gasteiger partial charge in [0.1, 0.15) is 18.8 Å². The Bertz CT molecular complexity index is 984. The summed E-state index contributed by atoms with van der Waals surface area (Å²) in [6, 6.07) is 2.58. The zero-order valence-electron chi connectivity index (χ0n) is 21.7. The summed E-state index contributed by atoms with van der Waals surface area (Å²) in [7, 11) is 1.47. The number of nitrogens with zero attached hydrogens (tertiary/aromatic N) is 1. The Hall–Kier alpha value is -1.97. The van der Waals surface area contributed by atoms with Crippen molar-refractivity contribution >= 4 is 34.4 Å². The molecule has 0 unspecified atom stereocenters. The summed E-state index contributed by atoms with van der Waals surface area (Å²) in [4.78, 5) is 27.8. The van der Waals surface area contributed by atoms with E-state index < -0.39 is 24.2 Å². The fraction of sp³-hybridized carbons (Fsp3) is 0.615. The number of hydrogen-bond donors (Lipinski definition) is 4. The van der Waals surface area contributed by atoms with Crippen LogP contribution in [-0.4, -0.2) is 103 Å². The molecule has 12 heteroatoms. The molecule has 1 aliphatic heterocycles. The van der Waals surface area contributed by atoms with E-state index in [1.807, 2.05) is 0 Å². The van der Waals surface area contributed by atoms with Crippen LogP contribution in [0.4, 0.5) is 0 Å². The SMILES string of the molecule is CCOCC(=O)N(C[C@@H]1CCCO1)[C@@H]1CC(C(=O)NCCO)=C[C@H](Oc2c(I)cc(CO)cc2OC)[C@H]1O. The maximum absolute atomic E-state index is 13.3. The number of carbonyl (C=O) groups is 2. The average Bonchev–Trinajstić information content (AvgIpc) is 3.44. The third-order valence-corrected chi connectivity index (χ3v) is 7.32. The number of ether oxygens (including phenoxy) is 4. The molecule has 1 aliphatic carbocycles. The Morgan fingerprint density at radius 2 is 2.08 bits per heavy atom. The van der Waals surface area contributed by atoms with Crippen LogP contribution < -0.4 is 14.8 Å². The third kappa shape index (κ3) is 7.79. The van der Waals surface area contributed by atoms with Crippen molar-refractivity contribution < 1.29 is 43.9 Å². The number of benzene rings is 1. The van der Waals surface area contributed by atoms with Crippen LogP contribution in [0.1, 0.15) is 31.7 Å². The standard InChI is InChI=1S/C26H37IN2O9/c1-3-36-15-23(32)29(13-18-5-4-8-37-18)20-11-17(26(34)28-6-7-30)12-21(24(20)33)38-25-19(27)9-16(14-31)10-22(25)35-2/h9-10,12,18,20-21,24,30-31,33H,3-8,11,13-15H2,1-2H3,(H,28,34)/t18-,20+,21-,24-/m0/s1. The molecule has 1 saturated heterocycles. The van der Waals surface area contributed by atoms with Crippen LogP contribution in [0.25, 0.3) is 0 Å². The highest BCUT2D eigenvalue weighted by molar-refractivity contribution is 14.1. The lowest BCUT2D eigenvalue weighted by molar-refractivity contribution is -0.145. The van der Waals surface area contributed by atoms with E-state index in [0.29, 0.717) is 39.4 Å². The molecule has 0 aromatic heterocycles. The van der Waals surface area contributed by atoms with E-state index >= 15 is 0 Å². The number of halogens is 1. The summed E-state index contributed by atoms with van der Waals surface area (Å²) < 4.78 is 23.5. The molecule has 4 atom stereocenters. The Morgan fingerprint density at radius 1 is 1.29 bits per heavy atom. The molecule has 0 radical (unpaired) electrons. The monoisotopic (exact) mass is 648 g/mol. The largest absolute Gasteiger partial charge is 0.493 e. The van der Waals surface area contributed by atoms with Gasteiger partial charge in [-0.1, -0.05) is 0 Å². The quantitative estimate of drug-likeness (QED) is 0.228. The highest BCUT2D eigenvalue weighted by atomic mass is 127. The van der Waals surface area contributed by atoms with Gasteiger partial charge in [-0.2, -0.15) is 0 Å². The first kappa shape index (κ1) is 30.6. The van der Waals surface area contributed by atoms with Gasteiger partial charge >= 0.3 is 0 Å². The van der Waals surface area contributed by atoms with Gasteiger partial charge in [-0.3, -0.25) is 9.59 Å². The molecule has 11 nitrogen and oxygen atoms in total. The summed E-state index contributed by atoms with van der Waals surface area (Å²) in [6.45, 7) is 2.49. The Morgan fingerprint density at radius 3 is 2.71 bits per heavy atom. The van der Waals surface area contributed by atoms with Crippen molar-refractivity contribution in [1.82, 2.24) is 10.2 Å². The second-order valence-electron chi connectivity index (χ2n) is 9.10. The molecule has 2 amide bonds. The van der Waals surface area contributed by atoms with Crippen LogP contribution in [0.3, 0.4) is 0 Å². The highest BCUT2D eigenvalue weighted by Crippen LogP contribution is 2.37. The molecule has 212 valence electrons. The smallest absolute Gasteiger partial charge is 0.249 e. The van der Waals surface area contributed by atoms with E-state index in [2.05, 4.69) is 27.9 Å². The summed E-state index contributed by atoms with van der Waals surface area (Å²) >= 11 is 2.05. The van der Waals surface area contributed by atoms with Gasteiger partial charge in [0.25, 0.3) is 0 Å². The first-order valence-electron chi connectivity index (χ1n) is 12.7. The number of amides is 2. The van der Waals surface area contributed by atoms with Crippen LogP contribution in [0.15, 0.2) is 23.8 Å². The van der Waals surface area contributed by atoms with Crippen LogP contribution in [-0.2, 0) is 25.7 Å². The zero-order chi connectivity index (χ0) is 27.7. The van der Waals surface area contributed by atoms with Crippen LogP contribution in [0.2, 0.25) is 0 Å². The molecular weight excluding hydrogens is 611 g/mol. The van der Waals surface area contributed by atoms with Crippen molar-refractivity contribution in [3.05, 3.63) is 32.9 Å². The number of carbonyl (C=O) groups excluding carboxylic acids is 2. The Balaban J connectivity index is 1.97. The number of aliphatic hydroxyl groups is 3. The van der Waals surface area contributed by atoms with Gasteiger partial charge in [0.05, 0.1) is 36.0 Å². The zero-order valence-corrected chi connectivity index (χ0v) is 23.9. The minimum absolute atomic E-state index is 0.0617. The van der Waals surface area contributed by atoms with Crippen LogP contribution in [0, 0.1) is 3.57 Å². The second-order valence-corrected chi connectivity index (χ2v) is 10.3. The van der Waals surface area contributed by atoms with Gasteiger partial charge in [0, 0.05) is 38.3 Å². The van der Waals surface area contributed by atoms with Crippen LogP contribution >= 0.6 is 22.6 Å². The molecule has 1 aromatic rings. The lowest BCUT2D eigenvalue weighted by Gasteiger charge is -2.41. The van der Waals surface area contributed by atoms with Crippen molar-refractivity contribution in [3.63, 3.8) is 0 Å². The van der Waals surface area contributed by atoms with E-state index in [0.717, 1.165) is 12.8 Å². The predicted octanol–water partition coefficient (Wildman–Crippen LogP) is 0.752. The summed E-state index contributed by atoms with van der Waals surface area (Å²) in [6.07, 6.45) is 0.923. The maximum atomic E-state index is 13.3. The maximum Gasteiger partial charge on any atom is 0.249 e. The average molecular weight is 648 g/mol. The second kappa shape index (κ2) is 15.0. The van der Waals surface area contributed by atoms with E-state index in [1.54, 1.807) is 25.1 Å². The third-order valence-electron chi connectivity index (χ3n) is 6.51. The first-order chi connectivity index (χ1) is 18.3. The predicted molar refractivity (Wildman–Crippen MR) is 146 cm³/mol. The summed E-state index contributed by atoms with van der Waals surface area (Å²) in [5, 5.41) is 32.9. The molecule has 4 N–H and O–H groups in total. The lowest BCUT2D eigenvalue weighted by Crippen LogP contribution is -2.57. The van der Waals surface area contributed by atoms with Gasteiger partial charge in [0.2, 0.25) is 11.8 Å². The number of rotatable bonds is 13. The fourth-order valence-electron chi connectivity index (χ4n) is 4.60. The van der Waals surface area contributed by atoms with Crippen molar-refractivity contribution in [3.8, 4) is 11.5 Å². The van der Waals surface area contributed by atoms with Gasteiger partial charge in [-0.15, -0.1) is 0 Å². The number of aliphatic hydroxyl groups excluding tert-OH is 3. The lowest BCUT2D eigenvalue weighted by atomic mass is 9.88. The van der Waals surface area contributed by atoms with Crippen LogP contribution in [0.5, 0.6) is 11.5 Å². The van der Waals surface area contributed by atoms with Crippen molar-refractivity contribution in [2.24, 2.45) is 0 Å². The van der Waals surface area contributed by atoms with E-state index in [9.17, 15) is 24.9 Å². The topological polar surface area (TPSA) is 147 Å². The molecule has 0 bridgehead atoms. The number of hydrogen-bond acceptors (Lipinski definition) is 9. The first-order valence-corrected chi connectivity index (χ1v) is 13.8. The number of methoxy groups -OCH3 is 1. The van der Waals surface area contributed by atoms with E-state index in [1.165, 1.54) is 12.0 Å². The molecule has 2 aliphatic rings. The molecule has 1 aromatic carbocycles. The van der Waals surface area contributed by atoms with Gasteiger partial charge < -0.3 is 44.5 Å². The number of nitrogens with one attached hydrogen (secondary N) is 1. The van der Waals surface area contributed by atoms with Crippen molar-refractivity contribution in [2.75, 3.05) is 46.6 Å². The van der Waals surface area contributed by atoms with E-state index in [-0.39, 0.29) is 51.3 Å². The van der Waals surface area contributed by atoms with Crippen molar-refractivity contribution in [2.45, 2.75) is 57.1 Å². The van der Waals surface area contributed by atoms with Gasteiger partial charge in [-0.05, 0) is 66.1 Å². The molecular formula is C26H37IN2O9. The summed E-state index contributed by atoms with van der Waals surface area (Å²) in [5.74, 6) is -0.0379. The molecule has 1 fully saturated rings. The minimum Gasteiger partial charge on any atom is -0.493 e. The normalized spacial score (nSPS) is 23.1. The van der Waals surface area contributed by atoms with Crippen molar-refractivity contribution in [1.29, 1.82) is 0 Å². The minimum atomic E-state index is -1.19. The fourth-order valence-corrected chi connectivity index (χ4v) is 5.39. The van der Waals surface area contributed by atoms with E-state index in [4.69, 9.17) is 18.9 Å². The van der Waals surface area contributed by atoms with Gasteiger partial charge in [0.15, 0.2) is 11.5 Å². The molecule has 1 heterocycles. The van der Waals surface area contributed by atoms with Gasteiger partial charge in [-0.25, -0.2) is 0 Å². The summed E-state index contributed by atoms with van der Waals surface area (Å²) in [5.41, 5.74) is 0.950.